The lowest BCUT2D eigenvalue weighted by Crippen LogP contribution is -2.38. The molecular weight excluding hydrogens is 295 g/mol. The highest BCUT2D eigenvalue weighted by Gasteiger charge is 2.27. The van der Waals surface area contributed by atoms with Crippen molar-refractivity contribution in [3.63, 3.8) is 0 Å². The molecule has 0 saturated carbocycles. The molecule has 23 heavy (non-hydrogen) atoms. The lowest BCUT2D eigenvalue weighted by atomic mass is 10.0. The molecule has 3 N–H and O–H groups in total. The number of carbonyl (C=O) groups is 1. The number of amides is 1. The van der Waals surface area contributed by atoms with Gasteiger partial charge in [0, 0.05) is 11.3 Å². The van der Waals surface area contributed by atoms with Crippen molar-refractivity contribution >= 4 is 11.6 Å². The summed E-state index contributed by atoms with van der Waals surface area (Å²) in [4.78, 5) is 12.2. The number of hydrogen-bond acceptors (Lipinski definition) is 3. The maximum Gasteiger partial charge on any atom is 0.255 e. The van der Waals surface area contributed by atoms with Crippen molar-refractivity contribution in [1.82, 2.24) is 15.5 Å². The molecule has 2 aromatic carbocycles. The van der Waals surface area contributed by atoms with E-state index >= 15 is 0 Å². The number of aromatic nitrogens is 2. The zero-order valence-corrected chi connectivity index (χ0v) is 12.0. The van der Waals surface area contributed by atoms with Crippen molar-refractivity contribution in [3.8, 4) is 11.3 Å². The molecule has 0 spiro atoms. The fraction of sp³-hybridized carbons (Fsp3) is 0.0588. The number of halogens is 1. The summed E-state index contributed by atoms with van der Waals surface area (Å²) in [5, 5.41) is 13.1. The van der Waals surface area contributed by atoms with Crippen molar-refractivity contribution in [2.75, 3.05) is 5.32 Å². The van der Waals surface area contributed by atoms with Gasteiger partial charge in [0.15, 0.2) is 0 Å². The molecule has 1 atom stereocenters. The van der Waals surface area contributed by atoms with Crippen LogP contribution >= 0.6 is 0 Å². The molecule has 4 rings (SSSR count). The number of rotatable bonds is 2. The highest BCUT2D eigenvalue weighted by Crippen LogP contribution is 2.31. The summed E-state index contributed by atoms with van der Waals surface area (Å²) in [5.41, 5.74) is 3.51. The molecule has 1 aliphatic rings. The van der Waals surface area contributed by atoms with Gasteiger partial charge in [-0.1, -0.05) is 30.3 Å². The first-order chi connectivity index (χ1) is 11.2. The van der Waals surface area contributed by atoms with Crippen LogP contribution in [0.1, 0.15) is 22.1 Å². The first-order valence-electron chi connectivity index (χ1n) is 7.18. The standard InChI is InChI=1S/C17H13FN4O/c18-11-6-7-14-12(8-11)17(23)21-16(20-14)13-9-19-22-15(13)10-4-2-1-3-5-10/h1-9,16,20H,(H,19,22)(H,21,23). The summed E-state index contributed by atoms with van der Waals surface area (Å²) < 4.78 is 13.3. The smallest absolute Gasteiger partial charge is 0.255 e. The van der Waals surface area contributed by atoms with Crippen molar-refractivity contribution in [2.24, 2.45) is 0 Å². The third kappa shape index (κ3) is 2.34. The number of benzene rings is 2. The molecular formula is C17H13FN4O. The van der Waals surface area contributed by atoms with Crippen LogP contribution in [0.2, 0.25) is 0 Å². The fourth-order valence-electron chi connectivity index (χ4n) is 2.74. The zero-order chi connectivity index (χ0) is 15.8. The Hall–Kier alpha value is -3.15. The number of nitrogens with zero attached hydrogens (tertiary/aromatic N) is 1. The van der Waals surface area contributed by atoms with Crippen LogP contribution < -0.4 is 10.6 Å². The quantitative estimate of drug-likeness (QED) is 0.681. The minimum absolute atomic E-state index is 0.297. The number of nitrogens with one attached hydrogen (secondary N) is 3. The first-order valence-corrected chi connectivity index (χ1v) is 7.18. The molecule has 1 unspecified atom stereocenters. The van der Waals surface area contributed by atoms with Crippen LogP contribution in [0.25, 0.3) is 11.3 Å². The van der Waals surface area contributed by atoms with Gasteiger partial charge in [-0.15, -0.1) is 0 Å². The molecule has 114 valence electrons. The van der Waals surface area contributed by atoms with E-state index in [1.54, 1.807) is 12.3 Å². The summed E-state index contributed by atoms with van der Waals surface area (Å²) in [6.07, 6.45) is 1.24. The minimum Gasteiger partial charge on any atom is -0.361 e. The number of aromatic amines is 1. The molecule has 1 aromatic heterocycles. The van der Waals surface area contributed by atoms with E-state index < -0.39 is 12.0 Å². The lowest BCUT2D eigenvalue weighted by Gasteiger charge is -2.28. The van der Waals surface area contributed by atoms with E-state index in [2.05, 4.69) is 20.8 Å². The topological polar surface area (TPSA) is 69.8 Å². The molecule has 3 aromatic rings. The van der Waals surface area contributed by atoms with Gasteiger partial charge < -0.3 is 10.6 Å². The van der Waals surface area contributed by atoms with Gasteiger partial charge in [-0.05, 0) is 23.8 Å². The van der Waals surface area contributed by atoms with E-state index in [0.29, 0.717) is 11.3 Å². The molecule has 5 nitrogen and oxygen atoms in total. The van der Waals surface area contributed by atoms with E-state index in [-0.39, 0.29) is 5.91 Å². The van der Waals surface area contributed by atoms with Crippen LogP contribution in [0.5, 0.6) is 0 Å². The van der Waals surface area contributed by atoms with Gasteiger partial charge in [0.25, 0.3) is 5.91 Å². The molecule has 0 radical (unpaired) electrons. The highest BCUT2D eigenvalue weighted by molar-refractivity contribution is 6.01. The molecule has 2 heterocycles. The van der Waals surface area contributed by atoms with Crippen LogP contribution in [0.15, 0.2) is 54.7 Å². The van der Waals surface area contributed by atoms with Crippen molar-refractivity contribution in [3.05, 3.63) is 71.7 Å². The van der Waals surface area contributed by atoms with Crippen LogP contribution in [-0.4, -0.2) is 16.1 Å². The highest BCUT2D eigenvalue weighted by atomic mass is 19.1. The van der Waals surface area contributed by atoms with Gasteiger partial charge in [-0.25, -0.2) is 4.39 Å². The predicted molar refractivity (Wildman–Crippen MR) is 84.3 cm³/mol. The Morgan fingerprint density at radius 2 is 1.87 bits per heavy atom. The van der Waals surface area contributed by atoms with Gasteiger partial charge in [0.2, 0.25) is 0 Å². The minimum atomic E-state index is -0.438. The Morgan fingerprint density at radius 3 is 2.70 bits per heavy atom. The first kappa shape index (κ1) is 13.5. The Labute approximate surface area is 131 Å². The summed E-state index contributed by atoms with van der Waals surface area (Å²) in [7, 11) is 0. The molecule has 0 bridgehead atoms. The van der Waals surface area contributed by atoms with Crippen LogP contribution in [0.4, 0.5) is 10.1 Å². The van der Waals surface area contributed by atoms with Gasteiger partial charge >= 0.3 is 0 Å². The Balaban J connectivity index is 1.73. The van der Waals surface area contributed by atoms with Crippen molar-refractivity contribution < 1.29 is 9.18 Å². The van der Waals surface area contributed by atoms with E-state index in [1.165, 1.54) is 12.1 Å². The average molecular weight is 308 g/mol. The SMILES string of the molecule is O=C1NC(c2cn[nH]c2-c2ccccc2)Nc2ccc(F)cc21. The second-order valence-corrected chi connectivity index (χ2v) is 5.31. The molecule has 0 fully saturated rings. The summed E-state index contributed by atoms with van der Waals surface area (Å²) in [6, 6.07) is 13.9. The molecule has 1 aliphatic heterocycles. The number of hydrogen-bond donors (Lipinski definition) is 3. The Kier molecular flexibility index (Phi) is 3.08. The normalized spacial score (nSPS) is 16.4. The number of fused-ring (bicyclic) bond motifs is 1. The predicted octanol–water partition coefficient (Wildman–Crippen LogP) is 3.07. The Bertz CT molecular complexity index is 875. The van der Waals surface area contributed by atoms with Crippen molar-refractivity contribution in [1.29, 1.82) is 0 Å². The van der Waals surface area contributed by atoms with Crippen LogP contribution in [-0.2, 0) is 0 Å². The van der Waals surface area contributed by atoms with Crippen LogP contribution in [0.3, 0.4) is 0 Å². The molecule has 1 amide bonds. The number of anilines is 1. The monoisotopic (exact) mass is 308 g/mol. The summed E-state index contributed by atoms with van der Waals surface area (Å²) in [6.45, 7) is 0. The van der Waals surface area contributed by atoms with Gasteiger partial charge in [0.1, 0.15) is 12.0 Å². The lowest BCUT2D eigenvalue weighted by molar-refractivity contribution is 0.0935. The maximum atomic E-state index is 13.3. The van der Waals surface area contributed by atoms with Gasteiger partial charge in [-0.3, -0.25) is 9.89 Å². The average Bonchev–Trinajstić information content (AvgIpc) is 3.06. The van der Waals surface area contributed by atoms with Crippen LogP contribution in [0, 0.1) is 5.82 Å². The number of H-pyrrole nitrogens is 1. The van der Waals surface area contributed by atoms with Gasteiger partial charge in [0.05, 0.1) is 17.5 Å². The van der Waals surface area contributed by atoms with E-state index in [1.807, 2.05) is 30.3 Å². The Morgan fingerprint density at radius 1 is 1.04 bits per heavy atom. The van der Waals surface area contributed by atoms with E-state index in [0.717, 1.165) is 16.8 Å². The third-order valence-electron chi connectivity index (χ3n) is 3.84. The largest absolute Gasteiger partial charge is 0.361 e. The number of carbonyl (C=O) groups excluding carboxylic acids is 1. The van der Waals surface area contributed by atoms with Gasteiger partial charge in [-0.2, -0.15) is 5.10 Å². The van der Waals surface area contributed by atoms with E-state index in [9.17, 15) is 9.18 Å². The zero-order valence-electron chi connectivity index (χ0n) is 12.0. The summed E-state index contributed by atoms with van der Waals surface area (Å²) >= 11 is 0. The molecule has 0 aliphatic carbocycles. The van der Waals surface area contributed by atoms with Crippen molar-refractivity contribution in [2.45, 2.75) is 6.17 Å². The van der Waals surface area contributed by atoms with E-state index in [4.69, 9.17) is 0 Å². The molecule has 0 saturated heterocycles. The second kappa shape index (κ2) is 5.24. The third-order valence-corrected chi connectivity index (χ3v) is 3.84. The maximum absolute atomic E-state index is 13.3. The molecule has 6 heteroatoms. The summed E-state index contributed by atoms with van der Waals surface area (Å²) in [5.74, 6) is -0.754. The second-order valence-electron chi connectivity index (χ2n) is 5.31. The fourth-order valence-corrected chi connectivity index (χ4v) is 2.74.